The topological polar surface area (TPSA) is 88.7 Å². The van der Waals surface area contributed by atoms with E-state index in [-0.39, 0.29) is 11.7 Å². The Balaban J connectivity index is 1.76. The third-order valence-electron chi connectivity index (χ3n) is 3.14. The van der Waals surface area contributed by atoms with Gasteiger partial charge in [0.1, 0.15) is 11.5 Å². The highest BCUT2D eigenvalue weighted by molar-refractivity contribution is 9.10. The van der Waals surface area contributed by atoms with E-state index in [4.69, 9.17) is 33.3 Å². The second kappa shape index (κ2) is 10.1. The Morgan fingerprint density at radius 3 is 2.48 bits per heavy atom. The molecule has 0 fully saturated rings. The molecule has 10 heteroatoms. The van der Waals surface area contributed by atoms with Crippen molar-refractivity contribution in [1.82, 2.24) is 16.2 Å². The van der Waals surface area contributed by atoms with E-state index in [1.807, 2.05) is 0 Å². The molecule has 0 heterocycles. The maximum Gasteiger partial charge on any atom is 0.269 e. The zero-order valence-electron chi connectivity index (χ0n) is 14.0. The largest absolute Gasteiger partial charge is 0.496 e. The second-order valence-electron chi connectivity index (χ2n) is 5.05. The van der Waals surface area contributed by atoms with Crippen molar-refractivity contribution in [2.75, 3.05) is 13.7 Å². The van der Waals surface area contributed by atoms with Gasteiger partial charge >= 0.3 is 0 Å². The number of thiocarbonyl (C=S) groups is 1. The lowest BCUT2D eigenvalue weighted by Gasteiger charge is -2.12. The van der Waals surface area contributed by atoms with Crippen molar-refractivity contribution in [1.29, 1.82) is 0 Å². The molecule has 2 rings (SSSR count). The summed E-state index contributed by atoms with van der Waals surface area (Å²) in [6.07, 6.45) is 0. The number of carbonyl (C=O) groups excluding carboxylic acids is 2. The lowest BCUT2D eigenvalue weighted by Crippen LogP contribution is -2.49. The van der Waals surface area contributed by atoms with Gasteiger partial charge < -0.3 is 9.47 Å². The van der Waals surface area contributed by atoms with Gasteiger partial charge in [-0.3, -0.25) is 25.8 Å². The second-order valence-corrected chi connectivity index (χ2v) is 6.75. The third kappa shape index (κ3) is 6.70. The van der Waals surface area contributed by atoms with Crippen molar-refractivity contribution in [3.63, 3.8) is 0 Å². The van der Waals surface area contributed by atoms with Gasteiger partial charge in [0.15, 0.2) is 11.7 Å². The van der Waals surface area contributed by atoms with E-state index >= 15 is 0 Å². The van der Waals surface area contributed by atoms with Crippen LogP contribution in [0.2, 0.25) is 5.02 Å². The minimum atomic E-state index is -0.483. The summed E-state index contributed by atoms with van der Waals surface area (Å²) in [5.41, 5.74) is 5.20. The molecule has 0 atom stereocenters. The molecule has 0 aliphatic carbocycles. The van der Waals surface area contributed by atoms with Crippen LogP contribution in [0.4, 0.5) is 0 Å². The molecular formula is C17H15BrClN3O4S. The molecule has 27 heavy (non-hydrogen) atoms. The number of carbonyl (C=O) groups is 2. The molecule has 0 unspecified atom stereocenters. The summed E-state index contributed by atoms with van der Waals surface area (Å²) >= 11 is 14.0. The van der Waals surface area contributed by atoms with Gasteiger partial charge in [-0.15, -0.1) is 0 Å². The van der Waals surface area contributed by atoms with Crippen LogP contribution in [0.1, 0.15) is 10.4 Å². The average molecular weight is 473 g/mol. The number of rotatable bonds is 5. The molecule has 0 aromatic heterocycles. The van der Waals surface area contributed by atoms with Crippen molar-refractivity contribution in [3.05, 3.63) is 57.5 Å². The first-order valence-corrected chi connectivity index (χ1v) is 9.09. The highest BCUT2D eigenvalue weighted by Gasteiger charge is 2.10. The molecule has 0 saturated carbocycles. The number of hydrogen-bond acceptors (Lipinski definition) is 5. The first kappa shape index (κ1) is 20.9. The number of benzene rings is 2. The maximum absolute atomic E-state index is 12.1. The Hall–Kier alpha value is -2.36. The van der Waals surface area contributed by atoms with E-state index in [0.29, 0.717) is 26.6 Å². The minimum Gasteiger partial charge on any atom is -0.496 e. The van der Waals surface area contributed by atoms with E-state index in [9.17, 15) is 9.59 Å². The SMILES string of the molecule is COc1ccc(C(=O)NNC(=S)NC(=O)COc2ccc(Cl)cc2)cc1Br. The number of methoxy groups -OCH3 is 1. The summed E-state index contributed by atoms with van der Waals surface area (Å²) in [5.74, 6) is 0.172. The molecule has 0 bridgehead atoms. The predicted octanol–water partition coefficient (Wildman–Crippen LogP) is 2.83. The quantitative estimate of drug-likeness (QED) is 0.458. The molecule has 2 amide bonds. The molecule has 0 radical (unpaired) electrons. The van der Waals surface area contributed by atoms with E-state index < -0.39 is 11.8 Å². The average Bonchev–Trinajstić information content (AvgIpc) is 2.65. The van der Waals surface area contributed by atoms with Crippen LogP contribution in [0, 0.1) is 0 Å². The monoisotopic (exact) mass is 471 g/mol. The Kier molecular flexibility index (Phi) is 7.83. The smallest absolute Gasteiger partial charge is 0.269 e. The highest BCUT2D eigenvalue weighted by Crippen LogP contribution is 2.25. The summed E-state index contributed by atoms with van der Waals surface area (Å²) in [4.78, 5) is 23.9. The number of hydrogen-bond donors (Lipinski definition) is 3. The van der Waals surface area contributed by atoms with Gasteiger partial charge in [-0.2, -0.15) is 0 Å². The van der Waals surface area contributed by atoms with Crippen LogP contribution in [-0.2, 0) is 4.79 Å². The van der Waals surface area contributed by atoms with Crippen molar-refractivity contribution in [2.24, 2.45) is 0 Å². The van der Waals surface area contributed by atoms with Gasteiger partial charge in [-0.1, -0.05) is 11.6 Å². The van der Waals surface area contributed by atoms with Crippen LogP contribution in [0.3, 0.4) is 0 Å². The highest BCUT2D eigenvalue weighted by atomic mass is 79.9. The summed E-state index contributed by atoms with van der Waals surface area (Å²) in [6, 6.07) is 11.4. The third-order valence-corrected chi connectivity index (χ3v) is 4.22. The molecule has 7 nitrogen and oxygen atoms in total. The number of ether oxygens (including phenoxy) is 2. The van der Waals surface area contributed by atoms with Crippen LogP contribution in [-0.4, -0.2) is 30.6 Å². The molecule has 2 aromatic rings. The van der Waals surface area contributed by atoms with Gasteiger partial charge in [-0.05, 0) is 70.6 Å². The summed E-state index contributed by atoms with van der Waals surface area (Å²) in [6.45, 7) is -0.247. The first-order chi connectivity index (χ1) is 12.9. The number of halogens is 2. The lowest BCUT2D eigenvalue weighted by atomic mass is 10.2. The molecule has 0 aliphatic rings. The Bertz CT molecular complexity index is 849. The Labute approximate surface area is 174 Å². The summed E-state index contributed by atoms with van der Waals surface area (Å²) < 4.78 is 11.0. The van der Waals surface area contributed by atoms with Gasteiger partial charge in [0.25, 0.3) is 11.8 Å². The van der Waals surface area contributed by atoms with Crippen molar-refractivity contribution >= 4 is 56.7 Å². The zero-order valence-corrected chi connectivity index (χ0v) is 17.2. The van der Waals surface area contributed by atoms with E-state index in [1.165, 1.54) is 7.11 Å². The standard InChI is InChI=1S/C17H15BrClN3O4S/c1-25-14-7-2-10(8-13(14)18)16(24)21-22-17(27)20-15(23)9-26-12-5-3-11(19)4-6-12/h2-8H,9H2,1H3,(H,21,24)(H2,20,22,23,27). The minimum absolute atomic E-state index is 0.0689. The maximum atomic E-state index is 12.1. The van der Waals surface area contributed by atoms with Crippen LogP contribution in [0.5, 0.6) is 11.5 Å². The van der Waals surface area contributed by atoms with Crippen molar-refractivity contribution in [2.45, 2.75) is 0 Å². The van der Waals surface area contributed by atoms with Gasteiger partial charge in [0.05, 0.1) is 11.6 Å². The van der Waals surface area contributed by atoms with Crippen LogP contribution < -0.4 is 25.6 Å². The fourth-order valence-corrected chi connectivity index (χ4v) is 2.70. The molecule has 0 saturated heterocycles. The molecular weight excluding hydrogens is 458 g/mol. The van der Waals surface area contributed by atoms with E-state index in [0.717, 1.165) is 0 Å². The molecule has 2 aromatic carbocycles. The molecule has 142 valence electrons. The number of hydrazine groups is 1. The van der Waals surface area contributed by atoms with Crippen LogP contribution in [0.15, 0.2) is 46.9 Å². The molecule has 3 N–H and O–H groups in total. The predicted molar refractivity (Wildman–Crippen MR) is 109 cm³/mol. The fraction of sp³-hybridized carbons (Fsp3) is 0.118. The van der Waals surface area contributed by atoms with Crippen LogP contribution in [0.25, 0.3) is 0 Å². The Morgan fingerprint density at radius 1 is 1.15 bits per heavy atom. The van der Waals surface area contributed by atoms with Gasteiger partial charge in [0, 0.05) is 10.6 Å². The van der Waals surface area contributed by atoms with Crippen LogP contribution >= 0.6 is 39.7 Å². The van der Waals surface area contributed by atoms with Crippen molar-refractivity contribution in [3.8, 4) is 11.5 Å². The number of amides is 2. The van der Waals surface area contributed by atoms with E-state index in [1.54, 1.807) is 42.5 Å². The summed E-state index contributed by atoms with van der Waals surface area (Å²) in [5, 5.41) is 2.88. The van der Waals surface area contributed by atoms with Crippen molar-refractivity contribution < 1.29 is 19.1 Å². The fourth-order valence-electron chi connectivity index (χ4n) is 1.87. The summed E-state index contributed by atoms with van der Waals surface area (Å²) in [7, 11) is 1.53. The first-order valence-electron chi connectivity index (χ1n) is 7.51. The lowest BCUT2D eigenvalue weighted by molar-refractivity contribution is -0.121. The van der Waals surface area contributed by atoms with Gasteiger partial charge in [0.2, 0.25) is 0 Å². The van der Waals surface area contributed by atoms with E-state index in [2.05, 4.69) is 32.1 Å². The Morgan fingerprint density at radius 2 is 1.85 bits per heavy atom. The molecule has 0 aliphatic heterocycles. The zero-order chi connectivity index (χ0) is 19.8. The molecule has 0 spiro atoms. The van der Waals surface area contributed by atoms with Gasteiger partial charge in [-0.25, -0.2) is 0 Å². The normalized spacial score (nSPS) is 9.89. The number of nitrogens with one attached hydrogen (secondary N) is 3.